The fraction of sp³-hybridized carbons (Fsp3) is 0.353. The van der Waals surface area contributed by atoms with Crippen LogP contribution in [0.15, 0.2) is 48.7 Å². The molecule has 2 aromatic rings. The van der Waals surface area contributed by atoms with E-state index in [0.29, 0.717) is 5.92 Å². The van der Waals surface area contributed by atoms with Crippen molar-refractivity contribution in [3.8, 4) is 0 Å². The Bertz CT molecular complexity index is 573. The van der Waals surface area contributed by atoms with Gasteiger partial charge >= 0.3 is 0 Å². The molecule has 1 unspecified atom stereocenters. The van der Waals surface area contributed by atoms with Gasteiger partial charge in [0.1, 0.15) is 0 Å². The molecule has 2 heterocycles. The van der Waals surface area contributed by atoms with Crippen LogP contribution >= 0.6 is 11.6 Å². The predicted octanol–water partition coefficient (Wildman–Crippen LogP) is 4.22. The van der Waals surface area contributed by atoms with Gasteiger partial charge in [-0.1, -0.05) is 29.8 Å². The second-order valence-corrected chi connectivity index (χ2v) is 5.80. The SMILES string of the molecule is CON1CCC(c2ccc(Cl)cc2)C[C@@H]1c1ccccn1. The van der Waals surface area contributed by atoms with Crippen LogP contribution in [0, 0.1) is 0 Å². The quantitative estimate of drug-likeness (QED) is 0.849. The second kappa shape index (κ2) is 6.56. The summed E-state index contributed by atoms with van der Waals surface area (Å²) in [7, 11) is 1.73. The number of hydrogen-bond acceptors (Lipinski definition) is 3. The molecule has 0 N–H and O–H groups in total. The number of rotatable bonds is 3. The highest BCUT2D eigenvalue weighted by Crippen LogP contribution is 2.38. The second-order valence-electron chi connectivity index (χ2n) is 5.37. The Morgan fingerprint density at radius 1 is 1.19 bits per heavy atom. The largest absolute Gasteiger partial charge is 0.302 e. The lowest BCUT2D eigenvalue weighted by Crippen LogP contribution is -2.35. The van der Waals surface area contributed by atoms with Crippen molar-refractivity contribution in [3.05, 3.63) is 64.9 Å². The lowest BCUT2D eigenvalue weighted by atomic mass is 9.85. The predicted molar refractivity (Wildman–Crippen MR) is 84.1 cm³/mol. The maximum atomic E-state index is 5.98. The molecule has 0 aliphatic carbocycles. The van der Waals surface area contributed by atoms with E-state index in [1.54, 1.807) is 7.11 Å². The molecule has 0 saturated carbocycles. The molecule has 1 aromatic carbocycles. The minimum atomic E-state index is 0.200. The number of benzene rings is 1. The third kappa shape index (κ3) is 3.26. The number of hydroxylamine groups is 2. The van der Waals surface area contributed by atoms with E-state index in [4.69, 9.17) is 16.4 Å². The van der Waals surface area contributed by atoms with Gasteiger partial charge in [-0.3, -0.25) is 4.98 Å². The summed E-state index contributed by atoms with van der Waals surface area (Å²) in [4.78, 5) is 10.0. The van der Waals surface area contributed by atoms with E-state index in [-0.39, 0.29) is 6.04 Å². The van der Waals surface area contributed by atoms with Crippen LogP contribution in [0.25, 0.3) is 0 Å². The first-order valence-corrected chi connectivity index (χ1v) is 7.63. The highest BCUT2D eigenvalue weighted by molar-refractivity contribution is 6.30. The van der Waals surface area contributed by atoms with Gasteiger partial charge in [-0.05, 0) is 48.6 Å². The Hall–Kier alpha value is -1.42. The highest BCUT2D eigenvalue weighted by Gasteiger charge is 2.31. The Morgan fingerprint density at radius 3 is 2.67 bits per heavy atom. The molecule has 0 amide bonds. The van der Waals surface area contributed by atoms with Crippen LogP contribution in [0.3, 0.4) is 0 Å². The van der Waals surface area contributed by atoms with Gasteiger partial charge in [0, 0.05) is 17.8 Å². The number of hydrogen-bond donors (Lipinski definition) is 0. The van der Waals surface area contributed by atoms with Crippen LogP contribution in [0.5, 0.6) is 0 Å². The molecule has 0 spiro atoms. The van der Waals surface area contributed by atoms with Crippen molar-refractivity contribution >= 4 is 11.6 Å². The molecule has 1 fully saturated rings. The van der Waals surface area contributed by atoms with E-state index in [2.05, 4.69) is 23.2 Å². The van der Waals surface area contributed by atoms with Crippen LogP contribution in [0.4, 0.5) is 0 Å². The summed E-state index contributed by atoms with van der Waals surface area (Å²) in [5.41, 5.74) is 2.41. The Balaban J connectivity index is 1.82. The van der Waals surface area contributed by atoms with Crippen molar-refractivity contribution < 1.29 is 4.84 Å². The van der Waals surface area contributed by atoms with Crippen LogP contribution in [-0.2, 0) is 4.84 Å². The van der Waals surface area contributed by atoms with Gasteiger partial charge in [0.15, 0.2) is 0 Å². The summed E-state index contributed by atoms with van der Waals surface area (Å²) in [5.74, 6) is 0.515. The maximum absolute atomic E-state index is 5.98. The van der Waals surface area contributed by atoms with Crippen molar-refractivity contribution in [2.75, 3.05) is 13.7 Å². The van der Waals surface area contributed by atoms with Crippen molar-refractivity contribution in [2.45, 2.75) is 24.8 Å². The van der Waals surface area contributed by atoms with Gasteiger partial charge in [0.05, 0.1) is 18.8 Å². The van der Waals surface area contributed by atoms with Crippen molar-refractivity contribution in [3.63, 3.8) is 0 Å². The number of halogens is 1. The van der Waals surface area contributed by atoms with Crippen LogP contribution in [0.1, 0.15) is 36.1 Å². The number of pyridine rings is 1. The third-order valence-electron chi connectivity index (χ3n) is 4.16. The molecule has 0 bridgehead atoms. The molecule has 0 radical (unpaired) electrons. The van der Waals surface area contributed by atoms with E-state index < -0.39 is 0 Å². The summed E-state index contributed by atoms with van der Waals surface area (Å²) in [6.45, 7) is 0.908. The normalized spacial score (nSPS) is 23.1. The van der Waals surface area contributed by atoms with E-state index in [0.717, 1.165) is 30.1 Å². The minimum Gasteiger partial charge on any atom is -0.302 e. The van der Waals surface area contributed by atoms with Crippen molar-refractivity contribution in [1.29, 1.82) is 0 Å². The fourth-order valence-electron chi connectivity index (χ4n) is 3.04. The third-order valence-corrected chi connectivity index (χ3v) is 4.41. The number of nitrogens with zero attached hydrogens (tertiary/aromatic N) is 2. The Labute approximate surface area is 130 Å². The molecule has 2 atom stereocenters. The molecule has 1 aromatic heterocycles. The average molecular weight is 303 g/mol. The monoisotopic (exact) mass is 302 g/mol. The Morgan fingerprint density at radius 2 is 2.00 bits per heavy atom. The molecule has 3 nitrogen and oxygen atoms in total. The van der Waals surface area contributed by atoms with Gasteiger partial charge in [0.2, 0.25) is 0 Å². The first kappa shape index (κ1) is 14.5. The minimum absolute atomic E-state index is 0.200. The van der Waals surface area contributed by atoms with Crippen LogP contribution < -0.4 is 0 Å². The maximum Gasteiger partial charge on any atom is 0.0779 e. The lowest BCUT2D eigenvalue weighted by molar-refractivity contribution is -0.180. The standard InChI is InChI=1S/C17H19ClN2O/c1-21-20-11-9-14(13-5-7-15(18)8-6-13)12-17(20)16-4-2-3-10-19-16/h2-8,10,14,17H,9,11-12H2,1H3/t14?,17-/m1/s1. The smallest absolute Gasteiger partial charge is 0.0779 e. The zero-order valence-corrected chi connectivity index (χ0v) is 12.8. The number of piperidine rings is 1. The summed E-state index contributed by atoms with van der Waals surface area (Å²) in [6, 6.07) is 14.4. The average Bonchev–Trinajstić information content (AvgIpc) is 2.56. The van der Waals surface area contributed by atoms with Gasteiger partial charge < -0.3 is 4.84 Å². The zero-order chi connectivity index (χ0) is 14.7. The molecular formula is C17H19ClN2O. The van der Waals surface area contributed by atoms with Crippen molar-refractivity contribution in [1.82, 2.24) is 10.0 Å². The summed E-state index contributed by atoms with van der Waals surface area (Å²) >= 11 is 5.98. The van der Waals surface area contributed by atoms with E-state index in [9.17, 15) is 0 Å². The fourth-order valence-corrected chi connectivity index (χ4v) is 3.17. The van der Waals surface area contributed by atoms with Crippen molar-refractivity contribution in [2.24, 2.45) is 0 Å². The van der Waals surface area contributed by atoms with Gasteiger partial charge in [-0.15, -0.1) is 0 Å². The van der Waals surface area contributed by atoms with Gasteiger partial charge in [-0.25, -0.2) is 0 Å². The van der Waals surface area contributed by atoms with Crippen LogP contribution in [0.2, 0.25) is 5.02 Å². The van der Waals surface area contributed by atoms with Crippen LogP contribution in [-0.4, -0.2) is 23.7 Å². The van der Waals surface area contributed by atoms with Gasteiger partial charge in [-0.2, -0.15) is 5.06 Å². The molecule has 21 heavy (non-hydrogen) atoms. The summed E-state index contributed by atoms with van der Waals surface area (Å²) in [6.07, 6.45) is 3.93. The van der Waals surface area contributed by atoms with E-state index in [1.807, 2.05) is 35.5 Å². The highest BCUT2D eigenvalue weighted by atomic mass is 35.5. The molecular weight excluding hydrogens is 284 g/mol. The number of aromatic nitrogens is 1. The Kier molecular flexibility index (Phi) is 4.54. The zero-order valence-electron chi connectivity index (χ0n) is 12.1. The first-order valence-electron chi connectivity index (χ1n) is 7.25. The van der Waals surface area contributed by atoms with E-state index in [1.165, 1.54) is 5.56 Å². The molecule has 4 heteroatoms. The van der Waals surface area contributed by atoms with E-state index >= 15 is 0 Å². The summed E-state index contributed by atoms with van der Waals surface area (Å²) in [5, 5.41) is 2.82. The lowest BCUT2D eigenvalue weighted by Gasteiger charge is -2.37. The molecule has 1 aliphatic rings. The first-order chi connectivity index (χ1) is 10.3. The molecule has 110 valence electrons. The topological polar surface area (TPSA) is 25.4 Å². The van der Waals surface area contributed by atoms with Gasteiger partial charge in [0.25, 0.3) is 0 Å². The summed E-state index contributed by atoms with van der Waals surface area (Å²) < 4.78 is 0. The molecule has 1 aliphatic heterocycles. The molecule has 1 saturated heterocycles. The molecule has 3 rings (SSSR count).